The second-order valence-electron chi connectivity index (χ2n) is 5.33. The number of nitrogens with one attached hydrogen (secondary N) is 1. The van der Waals surface area contributed by atoms with Crippen LogP contribution in [-0.2, 0) is 4.74 Å². The number of pyridine rings is 1. The van der Waals surface area contributed by atoms with Crippen molar-refractivity contribution in [3.05, 3.63) is 36.3 Å². The molecule has 1 amide bonds. The highest BCUT2D eigenvalue weighted by Crippen LogP contribution is 2.28. The molecule has 1 aliphatic rings. The summed E-state index contributed by atoms with van der Waals surface area (Å²) >= 11 is 0. The number of piperidine rings is 1. The summed E-state index contributed by atoms with van der Waals surface area (Å²) in [6.45, 7) is 1.52. The predicted molar refractivity (Wildman–Crippen MR) is 82.5 cm³/mol. The molecule has 0 unspecified atom stereocenters. The van der Waals surface area contributed by atoms with Gasteiger partial charge in [0.1, 0.15) is 11.9 Å². The quantitative estimate of drug-likeness (QED) is 0.927. The first-order valence-electron chi connectivity index (χ1n) is 7.35. The number of rotatable bonds is 2. The average Bonchev–Trinajstić information content (AvgIpc) is 2.55. The van der Waals surface area contributed by atoms with E-state index in [9.17, 15) is 9.18 Å². The van der Waals surface area contributed by atoms with Crippen LogP contribution in [-0.4, -0.2) is 37.3 Å². The highest BCUT2D eigenvalue weighted by Gasteiger charge is 2.23. The van der Waals surface area contributed by atoms with E-state index in [0.717, 1.165) is 42.5 Å². The summed E-state index contributed by atoms with van der Waals surface area (Å²) in [6.07, 6.45) is 2.79. The Hall–Kier alpha value is -2.37. The van der Waals surface area contributed by atoms with Crippen molar-refractivity contribution < 1.29 is 13.9 Å². The van der Waals surface area contributed by atoms with Gasteiger partial charge in [-0.2, -0.15) is 0 Å². The van der Waals surface area contributed by atoms with Crippen molar-refractivity contribution >= 4 is 22.7 Å². The van der Waals surface area contributed by atoms with Crippen LogP contribution in [0.15, 0.2) is 30.5 Å². The fourth-order valence-corrected chi connectivity index (χ4v) is 2.80. The standard InChI is InChI=1S/C16H18FN3O2/c1-18-16(21)22-12-5-8-20(9-6-12)15-4-7-19-14-3-2-11(17)10-13(14)15/h2-4,7,10,12H,5-6,8-9H2,1H3,(H,18,21). The summed E-state index contributed by atoms with van der Waals surface area (Å²) in [6, 6.07) is 6.53. The Labute approximate surface area is 128 Å². The minimum Gasteiger partial charge on any atom is -0.446 e. The monoisotopic (exact) mass is 303 g/mol. The van der Waals surface area contributed by atoms with Crippen molar-refractivity contribution in [2.45, 2.75) is 18.9 Å². The highest BCUT2D eigenvalue weighted by atomic mass is 19.1. The number of halogens is 1. The second-order valence-corrected chi connectivity index (χ2v) is 5.33. The molecule has 1 fully saturated rings. The fourth-order valence-electron chi connectivity index (χ4n) is 2.80. The van der Waals surface area contributed by atoms with Gasteiger partial charge in [-0.15, -0.1) is 0 Å². The first kappa shape index (κ1) is 14.6. The smallest absolute Gasteiger partial charge is 0.407 e. The van der Waals surface area contributed by atoms with Crippen LogP contribution in [0.3, 0.4) is 0 Å². The minimum atomic E-state index is -0.394. The summed E-state index contributed by atoms with van der Waals surface area (Å²) in [4.78, 5) is 17.7. The fraction of sp³-hybridized carbons (Fsp3) is 0.375. The summed E-state index contributed by atoms with van der Waals surface area (Å²) in [5.74, 6) is -0.264. The van der Waals surface area contributed by atoms with E-state index in [0.29, 0.717) is 0 Å². The molecule has 1 N–H and O–H groups in total. The zero-order valence-electron chi connectivity index (χ0n) is 12.4. The third-order valence-corrected chi connectivity index (χ3v) is 3.94. The van der Waals surface area contributed by atoms with Crippen molar-refractivity contribution in [3.8, 4) is 0 Å². The number of carbonyl (C=O) groups is 1. The zero-order chi connectivity index (χ0) is 15.5. The van der Waals surface area contributed by atoms with Gasteiger partial charge in [0.15, 0.2) is 0 Å². The molecule has 0 bridgehead atoms. The molecule has 116 valence electrons. The van der Waals surface area contributed by atoms with E-state index < -0.39 is 6.09 Å². The maximum Gasteiger partial charge on any atom is 0.407 e. The van der Waals surface area contributed by atoms with Crippen molar-refractivity contribution in [2.24, 2.45) is 0 Å². The van der Waals surface area contributed by atoms with Crippen LogP contribution in [0.1, 0.15) is 12.8 Å². The molecular weight excluding hydrogens is 285 g/mol. The van der Waals surface area contributed by atoms with E-state index in [1.165, 1.54) is 12.1 Å². The first-order valence-corrected chi connectivity index (χ1v) is 7.35. The predicted octanol–water partition coefficient (Wildman–Crippen LogP) is 2.70. The lowest BCUT2D eigenvalue weighted by molar-refractivity contribution is 0.0849. The van der Waals surface area contributed by atoms with E-state index in [4.69, 9.17) is 4.74 Å². The number of fused-ring (bicyclic) bond motifs is 1. The van der Waals surface area contributed by atoms with E-state index in [-0.39, 0.29) is 11.9 Å². The molecule has 1 aromatic carbocycles. The first-order chi connectivity index (χ1) is 10.7. The van der Waals surface area contributed by atoms with Gasteiger partial charge >= 0.3 is 6.09 Å². The number of carbonyl (C=O) groups excluding carboxylic acids is 1. The van der Waals surface area contributed by atoms with Crippen LogP contribution in [0.25, 0.3) is 10.9 Å². The number of aromatic nitrogens is 1. The summed E-state index contributed by atoms with van der Waals surface area (Å²) in [7, 11) is 1.55. The lowest BCUT2D eigenvalue weighted by Crippen LogP contribution is -2.39. The molecule has 3 rings (SSSR count). The Balaban J connectivity index is 1.76. The Morgan fingerprint density at radius 2 is 2.14 bits per heavy atom. The van der Waals surface area contributed by atoms with E-state index in [2.05, 4.69) is 15.2 Å². The number of ether oxygens (including phenoxy) is 1. The van der Waals surface area contributed by atoms with Gasteiger partial charge in [-0.05, 0) is 24.3 Å². The molecule has 0 atom stereocenters. The lowest BCUT2D eigenvalue weighted by atomic mass is 10.1. The molecule has 1 saturated heterocycles. The Morgan fingerprint density at radius 3 is 2.86 bits per heavy atom. The maximum atomic E-state index is 13.5. The molecule has 0 aliphatic carbocycles. The molecule has 2 aromatic rings. The average molecular weight is 303 g/mol. The maximum absolute atomic E-state index is 13.5. The van der Waals surface area contributed by atoms with Crippen LogP contribution in [0.5, 0.6) is 0 Å². The van der Waals surface area contributed by atoms with Crippen molar-refractivity contribution in [1.82, 2.24) is 10.3 Å². The van der Waals surface area contributed by atoms with Gasteiger partial charge in [0.25, 0.3) is 0 Å². The lowest BCUT2D eigenvalue weighted by Gasteiger charge is -2.33. The summed E-state index contributed by atoms with van der Waals surface area (Å²) in [5, 5.41) is 3.27. The Bertz CT molecular complexity index is 684. The second kappa shape index (κ2) is 6.17. The van der Waals surface area contributed by atoms with Gasteiger partial charge in [-0.1, -0.05) is 0 Å². The molecule has 0 saturated carbocycles. The van der Waals surface area contributed by atoms with Gasteiger partial charge < -0.3 is 15.0 Å². The Kier molecular flexibility index (Phi) is 4.09. The van der Waals surface area contributed by atoms with Crippen LogP contribution >= 0.6 is 0 Å². The molecule has 22 heavy (non-hydrogen) atoms. The van der Waals surface area contributed by atoms with Gasteiger partial charge in [-0.25, -0.2) is 9.18 Å². The Morgan fingerprint density at radius 1 is 1.36 bits per heavy atom. The van der Waals surface area contributed by atoms with Gasteiger partial charge in [-0.3, -0.25) is 4.98 Å². The van der Waals surface area contributed by atoms with Gasteiger partial charge in [0.05, 0.1) is 5.52 Å². The largest absolute Gasteiger partial charge is 0.446 e. The van der Waals surface area contributed by atoms with Crippen molar-refractivity contribution in [1.29, 1.82) is 0 Å². The summed E-state index contributed by atoms with van der Waals surface area (Å²) < 4.78 is 18.8. The van der Waals surface area contributed by atoms with Gasteiger partial charge in [0.2, 0.25) is 0 Å². The molecular formula is C16H18FN3O2. The third kappa shape index (κ3) is 2.95. The van der Waals surface area contributed by atoms with Crippen molar-refractivity contribution in [2.75, 3.05) is 25.0 Å². The minimum absolute atomic E-state index is 0.0685. The van der Waals surface area contributed by atoms with E-state index >= 15 is 0 Å². The molecule has 5 nitrogen and oxygen atoms in total. The van der Waals surface area contributed by atoms with E-state index in [1.807, 2.05) is 6.07 Å². The number of hydrogen-bond acceptors (Lipinski definition) is 4. The highest BCUT2D eigenvalue weighted by molar-refractivity contribution is 5.91. The van der Waals surface area contributed by atoms with Crippen molar-refractivity contribution in [3.63, 3.8) is 0 Å². The van der Waals surface area contributed by atoms with Crippen LogP contribution < -0.4 is 10.2 Å². The number of amides is 1. The molecule has 2 heterocycles. The number of hydrogen-bond donors (Lipinski definition) is 1. The van der Waals surface area contributed by atoms with Crippen LogP contribution in [0.4, 0.5) is 14.9 Å². The number of alkyl carbamates (subject to hydrolysis) is 1. The number of anilines is 1. The molecule has 0 spiro atoms. The van der Waals surface area contributed by atoms with Gasteiger partial charge in [0, 0.05) is 50.2 Å². The third-order valence-electron chi connectivity index (χ3n) is 3.94. The van der Waals surface area contributed by atoms with Crippen LogP contribution in [0, 0.1) is 5.82 Å². The van der Waals surface area contributed by atoms with E-state index in [1.54, 1.807) is 19.3 Å². The molecule has 6 heteroatoms. The normalized spacial score (nSPS) is 15.8. The van der Waals surface area contributed by atoms with Crippen LogP contribution in [0.2, 0.25) is 0 Å². The zero-order valence-corrected chi connectivity index (χ0v) is 12.4. The number of benzene rings is 1. The molecule has 0 radical (unpaired) electrons. The summed E-state index contributed by atoms with van der Waals surface area (Å²) in [5.41, 5.74) is 1.76. The number of nitrogens with zero attached hydrogens (tertiary/aromatic N) is 2. The topological polar surface area (TPSA) is 54.5 Å². The SMILES string of the molecule is CNC(=O)OC1CCN(c2ccnc3ccc(F)cc23)CC1. The molecule has 1 aliphatic heterocycles. The molecule has 1 aromatic heterocycles.